The Hall–Kier alpha value is -2.97. The first-order chi connectivity index (χ1) is 15.5. The number of hydrogen-bond acceptors (Lipinski definition) is 7. The molecule has 0 saturated heterocycles. The largest absolute Gasteiger partial charge is 0.493 e. The Labute approximate surface area is 189 Å². The van der Waals surface area contributed by atoms with E-state index < -0.39 is 0 Å². The SMILES string of the molecule is CCC(C)(CNC(c1cccc(OC)c1OC)c1nnnn1Cc1ccccc1)COC. The van der Waals surface area contributed by atoms with Gasteiger partial charge in [0.2, 0.25) is 0 Å². The Morgan fingerprint density at radius 2 is 1.81 bits per heavy atom. The molecule has 2 unspecified atom stereocenters. The van der Waals surface area contributed by atoms with Crippen LogP contribution in [0.25, 0.3) is 0 Å². The van der Waals surface area contributed by atoms with E-state index in [2.05, 4.69) is 46.8 Å². The molecule has 0 aliphatic rings. The van der Waals surface area contributed by atoms with Gasteiger partial charge >= 0.3 is 0 Å². The van der Waals surface area contributed by atoms with Crippen LogP contribution in [0.1, 0.15) is 43.3 Å². The molecule has 0 bridgehead atoms. The summed E-state index contributed by atoms with van der Waals surface area (Å²) in [6.45, 7) is 6.29. The second kappa shape index (κ2) is 11.1. The first-order valence-electron chi connectivity index (χ1n) is 10.8. The van der Waals surface area contributed by atoms with Gasteiger partial charge in [0.1, 0.15) is 0 Å². The first-order valence-corrected chi connectivity index (χ1v) is 10.8. The predicted octanol–water partition coefficient (Wildman–Crippen LogP) is 3.48. The lowest BCUT2D eigenvalue weighted by Gasteiger charge is -2.31. The van der Waals surface area contributed by atoms with Gasteiger partial charge in [0.15, 0.2) is 17.3 Å². The average Bonchev–Trinajstić information content (AvgIpc) is 3.27. The number of tetrazole rings is 1. The number of nitrogens with zero attached hydrogens (tertiary/aromatic N) is 4. The van der Waals surface area contributed by atoms with Crippen LogP contribution in [0.3, 0.4) is 0 Å². The molecule has 172 valence electrons. The van der Waals surface area contributed by atoms with Crippen molar-refractivity contribution in [3.05, 3.63) is 65.5 Å². The van der Waals surface area contributed by atoms with Gasteiger partial charge < -0.3 is 19.5 Å². The maximum atomic E-state index is 5.74. The van der Waals surface area contributed by atoms with Gasteiger partial charge in [-0.1, -0.05) is 56.3 Å². The highest BCUT2D eigenvalue weighted by atomic mass is 16.5. The summed E-state index contributed by atoms with van der Waals surface area (Å²) >= 11 is 0. The van der Waals surface area contributed by atoms with Crippen LogP contribution in [-0.2, 0) is 11.3 Å². The third-order valence-electron chi connectivity index (χ3n) is 5.82. The van der Waals surface area contributed by atoms with Crippen LogP contribution in [0.5, 0.6) is 11.5 Å². The fourth-order valence-electron chi connectivity index (χ4n) is 3.74. The van der Waals surface area contributed by atoms with E-state index >= 15 is 0 Å². The van der Waals surface area contributed by atoms with Crippen molar-refractivity contribution in [2.45, 2.75) is 32.9 Å². The van der Waals surface area contributed by atoms with Gasteiger partial charge in [-0.25, -0.2) is 4.68 Å². The van der Waals surface area contributed by atoms with E-state index in [-0.39, 0.29) is 11.5 Å². The second-order valence-corrected chi connectivity index (χ2v) is 8.17. The number of para-hydroxylation sites is 1. The summed E-state index contributed by atoms with van der Waals surface area (Å²) in [5.41, 5.74) is 1.98. The Morgan fingerprint density at radius 1 is 1.03 bits per heavy atom. The maximum Gasteiger partial charge on any atom is 0.173 e. The minimum absolute atomic E-state index is 0.0448. The summed E-state index contributed by atoms with van der Waals surface area (Å²) < 4.78 is 18.6. The number of nitrogens with one attached hydrogen (secondary N) is 1. The molecule has 8 heteroatoms. The van der Waals surface area contributed by atoms with Crippen LogP contribution in [0.2, 0.25) is 0 Å². The molecule has 0 radical (unpaired) electrons. The van der Waals surface area contributed by atoms with Gasteiger partial charge in [-0.15, -0.1) is 5.10 Å². The molecule has 0 amide bonds. The van der Waals surface area contributed by atoms with Crippen molar-refractivity contribution < 1.29 is 14.2 Å². The Balaban J connectivity index is 2.02. The molecule has 0 spiro atoms. The van der Waals surface area contributed by atoms with E-state index in [9.17, 15) is 0 Å². The molecule has 1 heterocycles. The number of hydrogen-bond donors (Lipinski definition) is 1. The van der Waals surface area contributed by atoms with Crippen molar-refractivity contribution in [1.29, 1.82) is 0 Å². The molecule has 1 aromatic heterocycles. The lowest BCUT2D eigenvalue weighted by atomic mass is 9.88. The van der Waals surface area contributed by atoms with Gasteiger partial charge in [-0.05, 0) is 28.5 Å². The standard InChI is InChI=1S/C24H33N5O3/c1-6-24(2,17-30-3)16-25-21(19-13-10-14-20(31-4)22(19)32-5)23-26-27-28-29(23)15-18-11-8-7-9-12-18/h7-14,21,25H,6,15-17H2,1-5H3. The van der Waals surface area contributed by atoms with Crippen molar-refractivity contribution >= 4 is 0 Å². The summed E-state index contributed by atoms with van der Waals surface area (Å²) in [4.78, 5) is 0. The van der Waals surface area contributed by atoms with Crippen LogP contribution in [-0.4, -0.2) is 54.7 Å². The first kappa shape index (κ1) is 23.7. The van der Waals surface area contributed by atoms with Gasteiger partial charge in [-0.3, -0.25) is 0 Å². The number of ether oxygens (including phenoxy) is 3. The summed E-state index contributed by atoms with van der Waals surface area (Å²) in [6.07, 6.45) is 0.963. The van der Waals surface area contributed by atoms with Crippen molar-refractivity contribution in [2.24, 2.45) is 5.41 Å². The van der Waals surface area contributed by atoms with Gasteiger partial charge in [0, 0.05) is 24.6 Å². The topological polar surface area (TPSA) is 83.3 Å². The molecule has 8 nitrogen and oxygen atoms in total. The third-order valence-corrected chi connectivity index (χ3v) is 5.82. The number of methoxy groups -OCH3 is 3. The molecule has 3 rings (SSSR count). The molecule has 32 heavy (non-hydrogen) atoms. The lowest BCUT2D eigenvalue weighted by molar-refractivity contribution is 0.0863. The fourth-order valence-corrected chi connectivity index (χ4v) is 3.74. The highest BCUT2D eigenvalue weighted by molar-refractivity contribution is 5.49. The maximum absolute atomic E-state index is 5.74. The van der Waals surface area contributed by atoms with Crippen molar-refractivity contribution in [3.8, 4) is 11.5 Å². The number of aromatic nitrogens is 4. The van der Waals surface area contributed by atoms with E-state index in [1.165, 1.54) is 0 Å². The molecule has 0 fully saturated rings. The Morgan fingerprint density at radius 3 is 2.47 bits per heavy atom. The molecular formula is C24H33N5O3. The molecule has 2 atom stereocenters. The Kier molecular flexibility index (Phi) is 8.19. The molecule has 1 N–H and O–H groups in total. The second-order valence-electron chi connectivity index (χ2n) is 8.17. The highest BCUT2D eigenvalue weighted by Crippen LogP contribution is 2.37. The summed E-state index contributed by atoms with van der Waals surface area (Å²) in [5.74, 6) is 2.03. The number of rotatable bonds is 12. The third kappa shape index (κ3) is 5.44. The van der Waals surface area contributed by atoms with E-state index in [4.69, 9.17) is 14.2 Å². The quantitative estimate of drug-likeness (QED) is 0.463. The number of benzene rings is 2. The van der Waals surface area contributed by atoms with E-state index in [1.54, 1.807) is 21.3 Å². The summed E-state index contributed by atoms with van der Waals surface area (Å²) in [5, 5.41) is 16.4. The highest BCUT2D eigenvalue weighted by Gasteiger charge is 2.30. The van der Waals surface area contributed by atoms with Gasteiger partial charge in [0.05, 0.1) is 33.4 Å². The lowest BCUT2D eigenvalue weighted by Crippen LogP contribution is -2.38. The van der Waals surface area contributed by atoms with Gasteiger partial charge in [0.25, 0.3) is 0 Å². The van der Waals surface area contributed by atoms with E-state index in [0.717, 1.165) is 17.5 Å². The van der Waals surface area contributed by atoms with Crippen LogP contribution < -0.4 is 14.8 Å². The van der Waals surface area contributed by atoms with Crippen LogP contribution in [0, 0.1) is 5.41 Å². The van der Waals surface area contributed by atoms with Crippen LogP contribution >= 0.6 is 0 Å². The molecule has 0 aliphatic carbocycles. The molecule has 3 aromatic rings. The van der Waals surface area contributed by atoms with Crippen molar-refractivity contribution in [2.75, 3.05) is 34.5 Å². The van der Waals surface area contributed by atoms with Gasteiger partial charge in [-0.2, -0.15) is 0 Å². The van der Waals surface area contributed by atoms with Crippen LogP contribution in [0.15, 0.2) is 48.5 Å². The Bertz CT molecular complexity index is 979. The zero-order valence-electron chi connectivity index (χ0n) is 19.5. The summed E-state index contributed by atoms with van der Waals surface area (Å²) in [7, 11) is 5.01. The minimum Gasteiger partial charge on any atom is -0.493 e. The molecule has 2 aromatic carbocycles. The predicted molar refractivity (Wildman–Crippen MR) is 123 cm³/mol. The van der Waals surface area contributed by atoms with Crippen molar-refractivity contribution in [1.82, 2.24) is 25.5 Å². The monoisotopic (exact) mass is 439 g/mol. The molecule has 0 saturated carbocycles. The zero-order valence-corrected chi connectivity index (χ0v) is 19.5. The fraction of sp³-hybridized carbons (Fsp3) is 0.458. The van der Waals surface area contributed by atoms with E-state index in [1.807, 2.05) is 41.1 Å². The van der Waals surface area contributed by atoms with Crippen molar-refractivity contribution in [3.63, 3.8) is 0 Å². The molecule has 0 aliphatic heterocycles. The normalized spacial score (nSPS) is 14.0. The zero-order chi connectivity index (χ0) is 23.0. The summed E-state index contributed by atoms with van der Waals surface area (Å²) in [6, 6.07) is 15.7. The minimum atomic E-state index is -0.304. The molecular weight excluding hydrogens is 406 g/mol. The average molecular weight is 440 g/mol. The smallest absolute Gasteiger partial charge is 0.173 e. The van der Waals surface area contributed by atoms with Crippen LogP contribution in [0.4, 0.5) is 0 Å². The van der Waals surface area contributed by atoms with E-state index in [0.29, 0.717) is 37.0 Å².